The molecule has 0 aliphatic heterocycles. The van der Waals surface area contributed by atoms with Gasteiger partial charge in [0.15, 0.2) is 6.61 Å². The Kier molecular flexibility index (Phi) is 3.70. The molecule has 0 atom stereocenters. The van der Waals surface area contributed by atoms with Gasteiger partial charge in [0.2, 0.25) is 0 Å². The molecular formula is C5H8F3NO2. The topological polar surface area (TPSA) is 38.3 Å². The third kappa shape index (κ3) is 6.95. The predicted molar refractivity (Wildman–Crippen MR) is 31.1 cm³/mol. The van der Waals surface area contributed by atoms with Crippen molar-refractivity contribution in [3.63, 3.8) is 0 Å². The summed E-state index contributed by atoms with van der Waals surface area (Å²) in [6.45, 7) is 0.282. The summed E-state index contributed by atoms with van der Waals surface area (Å²) in [7, 11) is 0. The highest BCUT2D eigenvalue weighted by Crippen LogP contribution is 2.14. The largest absolute Gasteiger partial charge is 0.440 e. The van der Waals surface area contributed by atoms with E-state index in [2.05, 4.69) is 10.1 Å². The van der Waals surface area contributed by atoms with Crippen molar-refractivity contribution < 1.29 is 22.7 Å². The van der Waals surface area contributed by atoms with Crippen LogP contribution in [0.1, 0.15) is 6.92 Å². The van der Waals surface area contributed by atoms with E-state index in [1.54, 1.807) is 6.92 Å². The Morgan fingerprint density at radius 2 is 2.09 bits per heavy atom. The van der Waals surface area contributed by atoms with Crippen LogP contribution in [0.3, 0.4) is 0 Å². The highest BCUT2D eigenvalue weighted by Gasteiger charge is 2.29. The van der Waals surface area contributed by atoms with E-state index < -0.39 is 18.9 Å². The number of nitrogens with one attached hydrogen (secondary N) is 1. The number of alkyl halides is 3. The number of alkyl carbamates (subject to hydrolysis) is 1. The number of hydrogen-bond acceptors (Lipinski definition) is 2. The minimum Gasteiger partial charge on any atom is -0.440 e. The molecule has 0 aromatic rings. The lowest BCUT2D eigenvalue weighted by Crippen LogP contribution is -2.28. The van der Waals surface area contributed by atoms with E-state index in [0.717, 1.165) is 0 Å². The van der Waals surface area contributed by atoms with Gasteiger partial charge in [-0.3, -0.25) is 0 Å². The number of rotatable bonds is 2. The molecule has 0 fully saturated rings. The molecule has 0 aromatic heterocycles. The zero-order valence-corrected chi connectivity index (χ0v) is 5.86. The Bertz CT molecular complexity index is 134. The van der Waals surface area contributed by atoms with Gasteiger partial charge in [-0.25, -0.2) is 4.79 Å². The van der Waals surface area contributed by atoms with Crippen molar-refractivity contribution >= 4 is 6.09 Å². The maximum atomic E-state index is 11.4. The first-order valence-corrected chi connectivity index (χ1v) is 2.93. The fourth-order valence-corrected chi connectivity index (χ4v) is 0.343. The SMILES string of the molecule is CCNC(=O)OCC(F)(F)F. The molecule has 0 saturated carbocycles. The molecule has 0 saturated heterocycles. The lowest BCUT2D eigenvalue weighted by atomic mass is 10.7. The van der Waals surface area contributed by atoms with Crippen molar-refractivity contribution in [3.8, 4) is 0 Å². The molecule has 0 rings (SSSR count). The van der Waals surface area contributed by atoms with Gasteiger partial charge >= 0.3 is 12.3 Å². The third-order valence-electron chi connectivity index (χ3n) is 0.688. The van der Waals surface area contributed by atoms with E-state index in [9.17, 15) is 18.0 Å². The normalized spacial score (nSPS) is 10.9. The molecule has 0 aromatic carbocycles. The Balaban J connectivity index is 3.46. The average Bonchev–Trinajstić information content (AvgIpc) is 1.83. The van der Waals surface area contributed by atoms with Crippen molar-refractivity contribution in [2.45, 2.75) is 13.1 Å². The highest BCUT2D eigenvalue weighted by molar-refractivity contribution is 5.66. The maximum Gasteiger partial charge on any atom is 0.422 e. The smallest absolute Gasteiger partial charge is 0.422 e. The molecule has 0 aliphatic rings. The van der Waals surface area contributed by atoms with Gasteiger partial charge in [0.1, 0.15) is 0 Å². The second kappa shape index (κ2) is 4.05. The maximum absolute atomic E-state index is 11.4. The summed E-state index contributed by atoms with van der Waals surface area (Å²) < 4.78 is 37.8. The fraction of sp³-hybridized carbons (Fsp3) is 0.800. The average molecular weight is 171 g/mol. The Labute approximate surface area is 61.5 Å². The van der Waals surface area contributed by atoms with Crippen molar-refractivity contribution in [2.24, 2.45) is 0 Å². The number of amides is 1. The molecule has 0 aliphatic carbocycles. The van der Waals surface area contributed by atoms with Gasteiger partial charge in [-0.2, -0.15) is 13.2 Å². The molecule has 3 nitrogen and oxygen atoms in total. The van der Waals surface area contributed by atoms with Crippen LogP contribution in [0.5, 0.6) is 0 Å². The van der Waals surface area contributed by atoms with Crippen molar-refractivity contribution in [1.82, 2.24) is 5.32 Å². The van der Waals surface area contributed by atoms with Gasteiger partial charge in [0, 0.05) is 6.54 Å². The second-order valence-corrected chi connectivity index (χ2v) is 1.72. The minimum atomic E-state index is -4.45. The first-order valence-electron chi connectivity index (χ1n) is 2.93. The van der Waals surface area contributed by atoms with E-state index in [0.29, 0.717) is 0 Å². The number of carbonyl (C=O) groups is 1. The van der Waals surface area contributed by atoms with Crippen LogP contribution in [0, 0.1) is 0 Å². The van der Waals surface area contributed by atoms with Crippen LogP contribution >= 0.6 is 0 Å². The standard InChI is InChI=1S/C5H8F3NO2/c1-2-9-4(10)11-3-5(6,7)8/h2-3H2,1H3,(H,9,10). The van der Waals surface area contributed by atoms with Gasteiger partial charge < -0.3 is 10.1 Å². The van der Waals surface area contributed by atoms with Gasteiger partial charge in [0.05, 0.1) is 0 Å². The Morgan fingerprint density at radius 1 is 1.55 bits per heavy atom. The Hall–Kier alpha value is -0.940. The van der Waals surface area contributed by atoms with Gasteiger partial charge in [-0.05, 0) is 6.92 Å². The van der Waals surface area contributed by atoms with Crippen LogP contribution in [0.2, 0.25) is 0 Å². The number of ether oxygens (including phenoxy) is 1. The highest BCUT2D eigenvalue weighted by atomic mass is 19.4. The second-order valence-electron chi connectivity index (χ2n) is 1.72. The molecule has 0 radical (unpaired) electrons. The minimum absolute atomic E-state index is 0.247. The quantitative estimate of drug-likeness (QED) is 0.679. The summed E-state index contributed by atoms with van der Waals surface area (Å²) in [5.74, 6) is 0. The Morgan fingerprint density at radius 3 is 2.45 bits per heavy atom. The summed E-state index contributed by atoms with van der Waals surface area (Å²) in [5, 5.41) is 2.06. The number of hydrogen-bond donors (Lipinski definition) is 1. The van der Waals surface area contributed by atoms with E-state index >= 15 is 0 Å². The summed E-state index contributed by atoms with van der Waals surface area (Å²) in [6, 6.07) is 0. The van der Waals surface area contributed by atoms with Crippen LogP contribution in [0.25, 0.3) is 0 Å². The van der Waals surface area contributed by atoms with Crippen LogP contribution in [-0.4, -0.2) is 25.4 Å². The van der Waals surface area contributed by atoms with Crippen molar-refractivity contribution in [3.05, 3.63) is 0 Å². The fourth-order valence-electron chi connectivity index (χ4n) is 0.343. The molecule has 1 amide bonds. The molecule has 1 N–H and O–H groups in total. The predicted octanol–water partition coefficient (Wildman–Crippen LogP) is 1.29. The molecule has 0 spiro atoms. The van der Waals surface area contributed by atoms with E-state index in [1.165, 1.54) is 0 Å². The van der Waals surface area contributed by atoms with Gasteiger partial charge in [-0.1, -0.05) is 0 Å². The number of halogens is 3. The van der Waals surface area contributed by atoms with Crippen molar-refractivity contribution in [2.75, 3.05) is 13.2 Å². The molecule has 6 heteroatoms. The molecule has 0 unspecified atom stereocenters. The van der Waals surface area contributed by atoms with Gasteiger partial charge in [-0.15, -0.1) is 0 Å². The first-order chi connectivity index (χ1) is 4.95. The van der Waals surface area contributed by atoms with Crippen LogP contribution in [0.4, 0.5) is 18.0 Å². The zero-order chi connectivity index (χ0) is 8.91. The molecule has 0 heterocycles. The monoisotopic (exact) mass is 171 g/mol. The van der Waals surface area contributed by atoms with Crippen LogP contribution in [-0.2, 0) is 4.74 Å². The molecule has 11 heavy (non-hydrogen) atoms. The molecule has 0 bridgehead atoms. The summed E-state index contributed by atoms with van der Waals surface area (Å²) in [5.41, 5.74) is 0. The summed E-state index contributed by atoms with van der Waals surface area (Å²) in [4.78, 5) is 10.3. The lowest BCUT2D eigenvalue weighted by Gasteiger charge is -2.07. The van der Waals surface area contributed by atoms with Crippen molar-refractivity contribution in [1.29, 1.82) is 0 Å². The molecular weight excluding hydrogens is 163 g/mol. The lowest BCUT2D eigenvalue weighted by molar-refractivity contribution is -0.160. The van der Waals surface area contributed by atoms with E-state index in [1.807, 2.05) is 0 Å². The van der Waals surface area contributed by atoms with Crippen LogP contribution < -0.4 is 5.32 Å². The summed E-state index contributed by atoms with van der Waals surface area (Å²) in [6.07, 6.45) is -5.50. The van der Waals surface area contributed by atoms with Gasteiger partial charge in [0.25, 0.3) is 0 Å². The zero-order valence-electron chi connectivity index (χ0n) is 5.86. The van der Waals surface area contributed by atoms with Crippen LogP contribution in [0.15, 0.2) is 0 Å². The first kappa shape index (κ1) is 10.1. The van der Waals surface area contributed by atoms with E-state index in [-0.39, 0.29) is 6.54 Å². The molecule has 66 valence electrons. The third-order valence-corrected chi connectivity index (χ3v) is 0.688. The van der Waals surface area contributed by atoms with E-state index in [4.69, 9.17) is 0 Å². The summed E-state index contributed by atoms with van der Waals surface area (Å²) >= 11 is 0. The number of carbonyl (C=O) groups excluding carboxylic acids is 1.